The van der Waals surface area contributed by atoms with Crippen LogP contribution < -0.4 is 10.1 Å². The van der Waals surface area contributed by atoms with Gasteiger partial charge in [-0.15, -0.1) is 11.3 Å². The van der Waals surface area contributed by atoms with Gasteiger partial charge in [0, 0.05) is 33.3 Å². The number of aliphatic hydroxyl groups is 1. The van der Waals surface area contributed by atoms with Crippen LogP contribution in [0.5, 0.6) is 0 Å². The van der Waals surface area contributed by atoms with E-state index in [0.29, 0.717) is 11.1 Å². The van der Waals surface area contributed by atoms with Crippen LogP contribution in [0, 0.1) is 5.41 Å². The van der Waals surface area contributed by atoms with E-state index < -0.39 is 0 Å². The molecular formula is C22H25ClN4O2S2. The van der Waals surface area contributed by atoms with E-state index in [9.17, 15) is 10.3 Å². The fourth-order valence-electron chi connectivity index (χ4n) is 3.18. The molecule has 4 N–H and O–H groups in total. The Morgan fingerprint density at radius 3 is 2.77 bits per heavy atom. The SMILES string of the molecule is C=N/C(=C\C(=C)c1csc(-c2ccc(NSN(O)NC3CC3)cc2Cl)c1)C1(CO)CC1. The Balaban J connectivity index is 1.43. The van der Waals surface area contributed by atoms with Crippen LogP contribution in [0.25, 0.3) is 16.0 Å². The van der Waals surface area contributed by atoms with Crippen molar-refractivity contribution < 1.29 is 10.3 Å². The summed E-state index contributed by atoms with van der Waals surface area (Å²) < 4.78 is 4.05. The molecule has 6 nitrogen and oxygen atoms in total. The zero-order valence-corrected chi connectivity index (χ0v) is 19.4. The van der Waals surface area contributed by atoms with E-state index in [-0.39, 0.29) is 12.0 Å². The van der Waals surface area contributed by atoms with Crippen LogP contribution in [0.3, 0.4) is 0 Å². The molecule has 0 spiro atoms. The average molecular weight is 477 g/mol. The van der Waals surface area contributed by atoms with Crippen LogP contribution in [0.1, 0.15) is 31.2 Å². The quantitative estimate of drug-likeness (QED) is 0.143. The van der Waals surface area contributed by atoms with Crippen molar-refractivity contribution in [1.29, 1.82) is 0 Å². The number of allylic oxidation sites excluding steroid dienone is 2. The number of rotatable bonds is 11. The van der Waals surface area contributed by atoms with Crippen LogP contribution in [-0.2, 0) is 0 Å². The van der Waals surface area contributed by atoms with Crippen molar-refractivity contribution >= 4 is 53.0 Å². The highest BCUT2D eigenvalue weighted by atomic mass is 35.5. The summed E-state index contributed by atoms with van der Waals surface area (Å²) in [7, 11) is 0. The number of nitrogens with zero attached hydrogens (tertiary/aromatic N) is 2. The molecule has 0 atom stereocenters. The zero-order valence-electron chi connectivity index (χ0n) is 17.0. The first-order valence-electron chi connectivity index (χ1n) is 10.00. The maximum Gasteiger partial charge on any atom is 0.0812 e. The standard InChI is InChI=1S/C22H25ClN4O2S2/c1-14(9-21(24-2)22(13-28)7-8-22)15-10-20(30-12-15)18-6-5-17(11-19(18)23)26-31-27(29)25-16-3-4-16/h5-6,9-12,16,25-26,28-29H,1-4,7-8,13H2/b21-9-. The van der Waals surface area contributed by atoms with E-state index in [1.165, 1.54) is 0 Å². The lowest BCUT2D eigenvalue weighted by Gasteiger charge is -2.15. The Bertz CT molecular complexity index is 1010. The van der Waals surface area contributed by atoms with Crippen molar-refractivity contribution in [3.05, 3.63) is 58.6 Å². The molecule has 31 heavy (non-hydrogen) atoms. The van der Waals surface area contributed by atoms with E-state index in [1.54, 1.807) is 11.3 Å². The van der Waals surface area contributed by atoms with Gasteiger partial charge >= 0.3 is 0 Å². The van der Waals surface area contributed by atoms with Crippen LogP contribution in [-0.4, -0.2) is 34.3 Å². The molecule has 0 unspecified atom stereocenters. The highest BCUT2D eigenvalue weighted by Gasteiger charge is 2.45. The monoisotopic (exact) mass is 476 g/mol. The second kappa shape index (κ2) is 9.46. The number of thiophene rings is 1. The predicted octanol–water partition coefficient (Wildman–Crippen LogP) is 5.77. The van der Waals surface area contributed by atoms with E-state index >= 15 is 0 Å². The lowest BCUT2D eigenvalue weighted by Crippen LogP contribution is -2.31. The molecule has 2 fully saturated rings. The molecule has 2 aliphatic carbocycles. The maximum absolute atomic E-state index is 9.78. The fraction of sp³-hybridized carbons (Fsp3) is 0.318. The van der Waals surface area contributed by atoms with Gasteiger partial charge in [-0.2, -0.15) is 0 Å². The largest absolute Gasteiger partial charge is 0.395 e. The van der Waals surface area contributed by atoms with Crippen molar-refractivity contribution in [3.8, 4) is 10.4 Å². The van der Waals surface area contributed by atoms with Gasteiger partial charge in [-0.1, -0.05) is 18.2 Å². The number of hydrazine groups is 1. The Kier molecular flexibility index (Phi) is 6.88. The van der Waals surface area contributed by atoms with Crippen molar-refractivity contribution in [1.82, 2.24) is 10.0 Å². The van der Waals surface area contributed by atoms with E-state index in [0.717, 1.165) is 75.4 Å². The summed E-state index contributed by atoms with van der Waals surface area (Å²) in [6.45, 7) is 7.92. The van der Waals surface area contributed by atoms with Crippen LogP contribution in [0.15, 0.2) is 53.0 Å². The summed E-state index contributed by atoms with van der Waals surface area (Å²) in [4.78, 5) is 5.17. The second-order valence-electron chi connectivity index (χ2n) is 7.92. The van der Waals surface area contributed by atoms with Gasteiger partial charge in [-0.05, 0) is 83.8 Å². The minimum absolute atomic E-state index is 0.0823. The Hall–Kier alpha value is -1.65. The Morgan fingerprint density at radius 1 is 1.39 bits per heavy atom. The molecule has 164 valence electrons. The number of nitrogens with one attached hydrogen (secondary N) is 2. The summed E-state index contributed by atoms with van der Waals surface area (Å²) in [6, 6.07) is 8.13. The molecule has 9 heteroatoms. The third-order valence-electron chi connectivity index (χ3n) is 5.51. The van der Waals surface area contributed by atoms with Crippen LogP contribution >= 0.6 is 35.1 Å². The zero-order chi connectivity index (χ0) is 22.0. The summed E-state index contributed by atoms with van der Waals surface area (Å²) in [5.41, 5.74) is 7.05. The van der Waals surface area contributed by atoms with E-state index in [4.69, 9.17) is 11.6 Å². The second-order valence-corrected chi connectivity index (χ2v) is 9.97. The molecule has 2 aliphatic rings. The van der Waals surface area contributed by atoms with E-state index in [1.807, 2.05) is 29.7 Å². The van der Waals surface area contributed by atoms with Gasteiger partial charge in [0.05, 0.1) is 23.8 Å². The number of benzene rings is 1. The van der Waals surface area contributed by atoms with E-state index in [2.05, 4.69) is 34.5 Å². The van der Waals surface area contributed by atoms with Crippen molar-refractivity contribution in [2.75, 3.05) is 11.3 Å². The number of hydrogen-bond acceptors (Lipinski definition) is 8. The molecule has 0 amide bonds. The first kappa shape index (κ1) is 22.5. The molecule has 1 heterocycles. The highest BCUT2D eigenvalue weighted by molar-refractivity contribution is 7.98. The third kappa shape index (κ3) is 5.40. The lowest BCUT2D eigenvalue weighted by atomic mass is 10.00. The molecule has 0 aliphatic heterocycles. The maximum atomic E-state index is 9.78. The average Bonchev–Trinajstić information content (AvgIpc) is 3.69. The van der Waals surface area contributed by atoms with Gasteiger partial charge in [0.2, 0.25) is 0 Å². The molecule has 0 radical (unpaired) electrons. The number of aliphatic imine (C=N–C) groups is 1. The summed E-state index contributed by atoms with van der Waals surface area (Å²) in [5, 5.41) is 22.1. The summed E-state index contributed by atoms with van der Waals surface area (Å²) in [5.74, 6) is 0. The van der Waals surface area contributed by atoms with Crippen LogP contribution in [0.4, 0.5) is 5.69 Å². The van der Waals surface area contributed by atoms with Crippen molar-refractivity contribution in [2.24, 2.45) is 10.4 Å². The molecular weight excluding hydrogens is 452 g/mol. The topological polar surface area (TPSA) is 80.1 Å². The molecule has 4 rings (SSSR count). The predicted molar refractivity (Wildman–Crippen MR) is 131 cm³/mol. The Labute approximate surface area is 195 Å². The first-order chi connectivity index (χ1) is 14.9. The fourth-order valence-corrected chi connectivity index (χ4v) is 5.01. The number of aliphatic hydroxyl groups excluding tert-OH is 1. The lowest BCUT2D eigenvalue weighted by molar-refractivity contribution is -0.0337. The van der Waals surface area contributed by atoms with Gasteiger partial charge in [-0.3, -0.25) is 10.2 Å². The normalized spacial score (nSPS) is 17.6. The van der Waals surface area contributed by atoms with Crippen LogP contribution in [0.2, 0.25) is 5.02 Å². The van der Waals surface area contributed by atoms with Gasteiger partial charge in [0.25, 0.3) is 0 Å². The molecule has 0 saturated heterocycles. The summed E-state index contributed by atoms with van der Waals surface area (Å²) in [6.07, 6.45) is 5.93. The van der Waals surface area contributed by atoms with Gasteiger partial charge < -0.3 is 9.83 Å². The summed E-state index contributed by atoms with van der Waals surface area (Å²) >= 11 is 9.18. The molecule has 2 aromatic rings. The van der Waals surface area contributed by atoms with Crippen molar-refractivity contribution in [2.45, 2.75) is 31.7 Å². The Morgan fingerprint density at radius 2 is 2.16 bits per heavy atom. The molecule has 1 aromatic heterocycles. The number of anilines is 1. The third-order valence-corrected chi connectivity index (χ3v) is 7.39. The van der Waals surface area contributed by atoms with Gasteiger partial charge in [-0.25, -0.2) is 5.43 Å². The van der Waals surface area contributed by atoms with Gasteiger partial charge in [0.15, 0.2) is 0 Å². The first-order valence-corrected chi connectivity index (χ1v) is 12.0. The minimum atomic E-state index is -0.244. The molecule has 1 aromatic carbocycles. The highest BCUT2D eigenvalue weighted by Crippen LogP contribution is 2.52. The smallest absolute Gasteiger partial charge is 0.0812 e. The number of halogens is 1. The molecule has 2 saturated carbocycles. The molecule has 0 bridgehead atoms. The minimum Gasteiger partial charge on any atom is -0.395 e. The van der Waals surface area contributed by atoms with Crippen molar-refractivity contribution in [3.63, 3.8) is 0 Å². The van der Waals surface area contributed by atoms with Gasteiger partial charge in [0.1, 0.15) is 0 Å². The number of hydrogen-bond donors (Lipinski definition) is 4.